The van der Waals surface area contributed by atoms with Crippen LogP contribution in [-0.4, -0.2) is 84.3 Å². The number of carbonyl (C=O) groups is 5. The molecule has 1 aromatic heterocycles. The molecule has 1 aliphatic carbocycles. The number of aromatic nitrogens is 1. The number of nitrogens with zero attached hydrogens (tertiary/aromatic N) is 2. The molecular formula is C64H68N2O13S3. The van der Waals surface area contributed by atoms with Crippen molar-refractivity contribution in [2.24, 2.45) is 5.92 Å². The Bertz CT molecular complexity index is 3170. The predicted molar refractivity (Wildman–Crippen MR) is 320 cm³/mol. The number of carbonyl (C=O) groups excluding carboxylic acids is 5. The van der Waals surface area contributed by atoms with Crippen LogP contribution in [0.2, 0.25) is 0 Å². The van der Waals surface area contributed by atoms with Crippen LogP contribution in [0.15, 0.2) is 108 Å². The molecule has 5 aromatic carbocycles. The molecule has 430 valence electrons. The number of fused-ring (bicyclic) bond motifs is 2. The average molecular weight is 1170 g/mol. The lowest BCUT2D eigenvalue weighted by Crippen LogP contribution is -2.34. The van der Waals surface area contributed by atoms with Gasteiger partial charge in [0.25, 0.3) is 0 Å². The Morgan fingerprint density at radius 1 is 0.695 bits per heavy atom. The summed E-state index contributed by atoms with van der Waals surface area (Å²) in [6.45, 7) is 8.42. The number of para-hydroxylation sites is 1. The second-order valence-electron chi connectivity index (χ2n) is 20.2. The van der Waals surface area contributed by atoms with E-state index in [0.29, 0.717) is 77.7 Å². The number of unbranched alkanes of at least 4 members (excludes halogenated alkanes) is 7. The first-order valence-electron chi connectivity index (χ1n) is 28.0. The highest BCUT2D eigenvalue weighted by atomic mass is 32.2. The van der Waals surface area contributed by atoms with E-state index in [4.69, 9.17) is 61.5 Å². The summed E-state index contributed by atoms with van der Waals surface area (Å²) in [6, 6.07) is 28.1. The van der Waals surface area contributed by atoms with Gasteiger partial charge in [0.15, 0.2) is 9.45 Å². The molecule has 0 N–H and O–H groups in total. The van der Waals surface area contributed by atoms with Crippen molar-refractivity contribution >= 4 is 84.8 Å². The molecule has 1 aliphatic heterocycles. The number of thiazole rings is 1. The number of terminal acetylenes is 1. The zero-order valence-corrected chi connectivity index (χ0v) is 48.9. The van der Waals surface area contributed by atoms with Crippen molar-refractivity contribution in [1.29, 1.82) is 0 Å². The maximum Gasteiger partial charge on any atom is 0.384 e. The molecule has 8 rings (SSSR count). The molecule has 0 radical (unpaired) electrons. The molecule has 2 aliphatic rings. The molecule has 0 spiro atoms. The molecule has 82 heavy (non-hydrogen) atoms. The summed E-state index contributed by atoms with van der Waals surface area (Å²) in [7, 11) is 0. The van der Waals surface area contributed by atoms with Crippen molar-refractivity contribution in [3.8, 4) is 41.1 Å². The molecule has 3 unspecified atom stereocenters. The van der Waals surface area contributed by atoms with E-state index in [0.717, 1.165) is 104 Å². The molecule has 0 bridgehead atoms. The van der Waals surface area contributed by atoms with Crippen molar-refractivity contribution < 1.29 is 61.9 Å². The van der Waals surface area contributed by atoms with Gasteiger partial charge in [-0.25, -0.2) is 29.1 Å². The fourth-order valence-electron chi connectivity index (χ4n) is 9.37. The molecule has 1 saturated carbocycles. The van der Waals surface area contributed by atoms with E-state index in [2.05, 4.69) is 6.92 Å². The van der Waals surface area contributed by atoms with E-state index in [-0.39, 0.29) is 51.6 Å². The lowest BCUT2D eigenvalue weighted by atomic mass is 9.90. The molecule has 2 fully saturated rings. The molecule has 6 aromatic rings. The van der Waals surface area contributed by atoms with Crippen molar-refractivity contribution in [2.75, 3.05) is 37.9 Å². The Labute approximate surface area is 492 Å². The van der Waals surface area contributed by atoms with Gasteiger partial charge in [0.2, 0.25) is 5.91 Å². The molecular weight excluding hydrogens is 1100 g/mol. The number of hydrogen-bond acceptors (Lipinski definition) is 17. The monoisotopic (exact) mass is 1170 g/mol. The average Bonchev–Trinajstić information content (AvgIpc) is 4.31. The minimum Gasteiger partial charge on any atom is -0.494 e. The summed E-state index contributed by atoms with van der Waals surface area (Å²) >= 11 is 8.41. The number of epoxide rings is 1. The molecule has 1 saturated heterocycles. The first-order chi connectivity index (χ1) is 39.8. The third-order valence-corrected chi connectivity index (χ3v) is 16.2. The molecule has 3 atom stereocenters. The number of thiocarbonyl (C=S) groups is 1. The van der Waals surface area contributed by atoms with Crippen LogP contribution in [-0.2, 0) is 23.8 Å². The summed E-state index contributed by atoms with van der Waals surface area (Å²) in [5.74, 6) is 1.26. The largest absolute Gasteiger partial charge is 0.494 e. The van der Waals surface area contributed by atoms with Crippen LogP contribution in [0, 0.1) is 32.1 Å². The van der Waals surface area contributed by atoms with Gasteiger partial charge < -0.3 is 37.9 Å². The number of thioether (sulfide) groups is 1. The Hall–Kier alpha value is -7.14. The second kappa shape index (κ2) is 30.8. The van der Waals surface area contributed by atoms with Gasteiger partial charge in [0.05, 0.1) is 63.8 Å². The number of benzene rings is 5. The van der Waals surface area contributed by atoms with Crippen LogP contribution in [0.25, 0.3) is 10.2 Å². The van der Waals surface area contributed by atoms with Gasteiger partial charge in [0, 0.05) is 25.6 Å². The Morgan fingerprint density at radius 2 is 1.33 bits per heavy atom. The van der Waals surface area contributed by atoms with Crippen LogP contribution in [0.4, 0.5) is 5.13 Å². The van der Waals surface area contributed by atoms with Gasteiger partial charge in [-0.15, -0.1) is 6.42 Å². The number of esters is 4. The van der Waals surface area contributed by atoms with Gasteiger partial charge in [-0.05, 0) is 180 Å². The zero-order chi connectivity index (χ0) is 57.8. The van der Waals surface area contributed by atoms with Crippen molar-refractivity contribution in [1.82, 2.24) is 4.98 Å². The lowest BCUT2D eigenvalue weighted by molar-refractivity contribution is -0.136. The summed E-state index contributed by atoms with van der Waals surface area (Å²) in [5.41, 5.74) is 2.92. The topological polar surface area (TPSA) is 179 Å². The van der Waals surface area contributed by atoms with Gasteiger partial charge in [-0.3, -0.25) is 4.79 Å². The van der Waals surface area contributed by atoms with E-state index in [1.54, 1.807) is 36.4 Å². The first kappa shape index (κ1) is 60.9. The maximum absolute atomic E-state index is 14.2. The molecule has 1 amide bonds. The zero-order valence-electron chi connectivity index (χ0n) is 46.5. The van der Waals surface area contributed by atoms with Gasteiger partial charge in [-0.2, -0.15) is 0 Å². The van der Waals surface area contributed by atoms with E-state index < -0.39 is 23.9 Å². The number of hydrogen-bond donors (Lipinski definition) is 0. The van der Waals surface area contributed by atoms with Crippen LogP contribution in [0.1, 0.15) is 139 Å². The highest BCUT2D eigenvalue weighted by Gasteiger charge is 2.43. The van der Waals surface area contributed by atoms with E-state index in [1.165, 1.54) is 65.1 Å². The fourth-order valence-corrected chi connectivity index (χ4v) is 11.8. The van der Waals surface area contributed by atoms with Gasteiger partial charge in [0.1, 0.15) is 28.7 Å². The van der Waals surface area contributed by atoms with Crippen molar-refractivity contribution in [3.05, 3.63) is 131 Å². The highest BCUT2D eigenvalue weighted by Crippen LogP contribution is 2.41. The Morgan fingerprint density at radius 3 is 2.06 bits per heavy atom. The smallest absolute Gasteiger partial charge is 0.384 e. The third kappa shape index (κ3) is 17.9. The van der Waals surface area contributed by atoms with Crippen LogP contribution < -0.4 is 28.6 Å². The summed E-state index contributed by atoms with van der Waals surface area (Å²) in [4.78, 5) is 72.7. The lowest BCUT2D eigenvalue weighted by Gasteiger charge is -2.21. The third-order valence-electron chi connectivity index (χ3n) is 13.8. The summed E-state index contributed by atoms with van der Waals surface area (Å²) < 4.78 is 47.1. The number of anilines is 1. The predicted octanol–water partition coefficient (Wildman–Crippen LogP) is 13.8. The van der Waals surface area contributed by atoms with Crippen LogP contribution in [0.3, 0.4) is 0 Å². The summed E-state index contributed by atoms with van der Waals surface area (Å²) in [6.07, 6.45) is 18.4. The number of ether oxygens (including phenoxy) is 8. The van der Waals surface area contributed by atoms with Gasteiger partial charge in [-0.1, -0.05) is 80.1 Å². The van der Waals surface area contributed by atoms with Crippen LogP contribution >= 0.6 is 35.3 Å². The van der Waals surface area contributed by atoms with Crippen molar-refractivity contribution in [2.45, 2.75) is 128 Å². The number of amides is 1. The maximum atomic E-state index is 14.2. The SMILES string of the molecule is C#CC(=O)OCCCCOc1c(C)cc(C(=O)Oc2ccc(C(=O)Oc3ccc(OC(=O)c4ccc(OCCCCCOCC5CCC6OC6C5)cc4)c(SC(=S)N(C(=O)CCCCCCC)c4nc5ccccc5s4)c3)cc2)cc1C. The Balaban J connectivity index is 0.910. The van der Waals surface area contributed by atoms with E-state index >= 15 is 0 Å². The van der Waals surface area contributed by atoms with Crippen molar-refractivity contribution in [3.63, 3.8) is 0 Å². The Kier molecular flexibility index (Phi) is 22.9. The standard InChI is InChI=1S/C64H68N2O13S3/c1-5-7-8-9-11-20-57(67)66(63-65-51-18-12-13-19-55(51)81-63)64(80)82-56-40-50(30-32-53(56)79-61(70)46-22-26-48(27-23-46)73-34-15-10-14-33-72-41-44-21-31-52-54(39-44)78-52)77-60(69)45-24-28-49(29-25-45)76-62(71)47-37-42(3)59(43(4)38-47)75-36-17-16-35-74-58(68)6-2/h2,12-13,18-19,22-30,32,37-38,40,44,52,54H,5,7-11,14-17,20-21,31,33-36,39,41H2,1,3-4H3. The molecule has 15 nitrogen and oxygen atoms in total. The first-order valence-corrected chi connectivity index (χ1v) is 30.0. The van der Waals surface area contributed by atoms with Crippen LogP contribution in [0.5, 0.6) is 28.7 Å². The second-order valence-corrected chi connectivity index (χ2v) is 22.9. The quantitative estimate of drug-likeness (QED) is 0.00632. The minimum atomic E-state index is -0.723. The minimum absolute atomic E-state index is 0.100. The fraction of sp³-hybridized carbons (Fsp3) is 0.391. The van der Waals surface area contributed by atoms with Gasteiger partial charge >= 0.3 is 23.9 Å². The number of aryl methyl sites for hydroxylation is 2. The number of rotatable bonds is 29. The highest BCUT2D eigenvalue weighted by molar-refractivity contribution is 8.23. The normalized spacial score (nSPS) is 15.1. The summed E-state index contributed by atoms with van der Waals surface area (Å²) in [5, 5.41) is 0.405. The van der Waals surface area contributed by atoms with E-state index in [1.807, 2.05) is 44.0 Å². The van der Waals surface area contributed by atoms with E-state index in [9.17, 15) is 24.0 Å². The molecule has 2 heterocycles. The molecule has 18 heteroatoms.